The lowest BCUT2D eigenvalue weighted by Crippen LogP contribution is -2.52. The van der Waals surface area contributed by atoms with Crippen molar-refractivity contribution < 1.29 is 11.0 Å². The highest BCUT2D eigenvalue weighted by molar-refractivity contribution is 7.18. The summed E-state index contributed by atoms with van der Waals surface area (Å²) in [6, 6.07) is 2.17. The molecule has 1 fully saturated rings. The molecule has 2 aromatic rings. The van der Waals surface area contributed by atoms with Gasteiger partial charge in [0.15, 0.2) is 0 Å². The van der Waals surface area contributed by atoms with Crippen LogP contribution in [-0.2, 0) is 16.0 Å². The van der Waals surface area contributed by atoms with Crippen molar-refractivity contribution in [3.8, 4) is 0 Å². The van der Waals surface area contributed by atoms with E-state index in [1.54, 1.807) is 22.6 Å². The zero-order valence-corrected chi connectivity index (χ0v) is 19.2. The normalized spacial score (nSPS) is 17.9. The Kier molecular flexibility index (Phi) is 5.97. The largest absolute Gasteiger partial charge is 0.352 e. The van der Waals surface area contributed by atoms with Gasteiger partial charge in [0.25, 0.3) is 0 Å². The van der Waals surface area contributed by atoms with Crippen molar-refractivity contribution in [2.75, 3.05) is 31.1 Å². The Balaban J connectivity index is 0.00000274. The summed E-state index contributed by atoms with van der Waals surface area (Å²) in [5.41, 5.74) is 10.5. The number of aryl methyl sites for hydroxylation is 1. The van der Waals surface area contributed by atoms with Gasteiger partial charge in [-0.2, -0.15) is 0 Å². The molecule has 3 N–H and O–H groups in total. The highest BCUT2D eigenvalue weighted by Crippen LogP contribution is 2.31. The number of nitrogens with zero attached hydrogens (tertiary/aromatic N) is 5. The Bertz CT molecular complexity index is 1170. The zero-order valence-electron chi connectivity index (χ0n) is 18.4. The van der Waals surface area contributed by atoms with Crippen LogP contribution in [0.3, 0.4) is 0 Å². The Labute approximate surface area is 197 Å². The van der Waals surface area contributed by atoms with Gasteiger partial charge in [0.05, 0.1) is 16.8 Å². The van der Waals surface area contributed by atoms with E-state index in [4.69, 9.17) is 0 Å². The lowest BCUT2D eigenvalue weighted by atomic mass is 10.2. The molecule has 0 atom stereocenters. The number of hydrogen-bond acceptors (Lipinski definition) is 9. The van der Waals surface area contributed by atoms with Crippen LogP contribution in [0, 0.1) is 0 Å². The van der Waals surface area contributed by atoms with Gasteiger partial charge >= 0.3 is 0 Å². The van der Waals surface area contributed by atoms with Gasteiger partial charge in [0.1, 0.15) is 23.4 Å². The van der Waals surface area contributed by atoms with Gasteiger partial charge in [-0.05, 0) is 18.6 Å². The Hall–Kier alpha value is -3.44. The molecule has 0 bridgehead atoms. The summed E-state index contributed by atoms with van der Waals surface area (Å²) in [6.07, 6.45) is 10.9. The number of fused-ring (bicyclic) bond motifs is 1. The number of thiophene rings is 1. The predicted molar refractivity (Wildman–Crippen MR) is 128 cm³/mol. The number of anilines is 1. The maximum Gasteiger partial charge on any atom is 0.249 e. The molecule has 0 spiro atoms. The fourth-order valence-corrected chi connectivity index (χ4v) is 5.05. The Morgan fingerprint density at radius 1 is 1.21 bits per heavy atom. The molecule has 1 aliphatic carbocycles. The molecule has 11 heteroatoms. The summed E-state index contributed by atoms with van der Waals surface area (Å²) in [7, 11) is 0. The van der Waals surface area contributed by atoms with Crippen LogP contribution >= 0.6 is 11.3 Å². The second-order valence-corrected chi connectivity index (χ2v) is 9.10. The minimum absolute atomic E-state index is 0. The van der Waals surface area contributed by atoms with Crippen molar-refractivity contribution in [3.63, 3.8) is 0 Å². The molecule has 33 heavy (non-hydrogen) atoms. The van der Waals surface area contributed by atoms with Gasteiger partial charge < -0.3 is 15.2 Å². The highest BCUT2D eigenvalue weighted by Gasteiger charge is 2.27. The molecule has 0 radical (unpaired) electrons. The quantitative estimate of drug-likeness (QED) is 0.569. The van der Waals surface area contributed by atoms with Crippen LogP contribution in [0.25, 0.3) is 10.2 Å². The third-order valence-corrected chi connectivity index (χ3v) is 7.08. The molecule has 3 aliphatic rings. The lowest BCUT2D eigenvalue weighted by molar-refractivity contribution is -0.138. The predicted octanol–water partition coefficient (Wildman–Crippen LogP) is 1.62. The Morgan fingerprint density at radius 3 is 2.88 bits per heavy atom. The zero-order chi connectivity index (χ0) is 22.8. The van der Waals surface area contributed by atoms with E-state index in [9.17, 15) is 9.59 Å². The summed E-state index contributed by atoms with van der Waals surface area (Å²) < 4.78 is 0. The van der Waals surface area contributed by atoms with Crippen LogP contribution in [0.4, 0.5) is 5.82 Å². The first-order valence-electron chi connectivity index (χ1n) is 11.1. The van der Waals surface area contributed by atoms with Crippen LogP contribution in [0.1, 0.15) is 26.1 Å². The average molecular weight is 469 g/mol. The van der Waals surface area contributed by atoms with Crippen LogP contribution in [0.15, 0.2) is 48.1 Å². The number of rotatable bonds is 5. The van der Waals surface area contributed by atoms with Gasteiger partial charge in [-0.15, -0.1) is 16.9 Å². The SMILES string of the molecule is CCc1cc2c(N3CCN(C(=O)CC(=O)NN4NNC5=C4CC=CC=C5)CC3)ncnc2s1.[HH]. The number of carbonyl (C=O) groups excluding carboxylic acids is 2. The van der Waals surface area contributed by atoms with E-state index in [1.807, 2.05) is 24.3 Å². The molecule has 0 unspecified atom stereocenters. The number of allylic oxidation sites excluding steroid dienone is 4. The maximum absolute atomic E-state index is 12.8. The van der Waals surface area contributed by atoms with E-state index < -0.39 is 0 Å². The number of piperazine rings is 1. The van der Waals surface area contributed by atoms with Gasteiger partial charge in [0, 0.05) is 38.9 Å². The molecule has 0 aromatic carbocycles. The van der Waals surface area contributed by atoms with Gasteiger partial charge in [-0.3, -0.25) is 15.0 Å². The molecule has 2 aliphatic heterocycles. The molecule has 0 saturated carbocycles. The van der Waals surface area contributed by atoms with Crippen molar-refractivity contribution >= 4 is 39.2 Å². The fraction of sp³-hybridized carbons (Fsp3) is 0.364. The molecule has 4 heterocycles. The standard InChI is InChI=1S/C22H26N8O2S.H2/c1-2-15-12-16-21(23-14-24-22(16)33-15)29-10-8-28(9-11-29)20(32)13-19(31)26-30-18-7-5-3-4-6-17(18)25-27-30;/h3-6,12,14,25,27H,2,7-11,13H2,1H3,(H,26,31);1H. The smallest absolute Gasteiger partial charge is 0.249 e. The second kappa shape index (κ2) is 9.20. The van der Waals surface area contributed by atoms with E-state index in [-0.39, 0.29) is 19.7 Å². The molecule has 2 aromatic heterocycles. The molecule has 10 nitrogen and oxygen atoms in total. The number of amides is 2. The number of aromatic nitrogens is 2. The third-order valence-electron chi connectivity index (χ3n) is 5.89. The van der Waals surface area contributed by atoms with E-state index in [0.717, 1.165) is 33.8 Å². The van der Waals surface area contributed by atoms with Crippen LogP contribution in [0.5, 0.6) is 0 Å². The van der Waals surface area contributed by atoms with Crippen molar-refractivity contribution in [1.82, 2.24) is 36.4 Å². The lowest BCUT2D eigenvalue weighted by Gasteiger charge is -2.35. The second-order valence-electron chi connectivity index (χ2n) is 7.99. The summed E-state index contributed by atoms with van der Waals surface area (Å²) >= 11 is 1.70. The summed E-state index contributed by atoms with van der Waals surface area (Å²) in [5, 5.41) is 2.61. The molecule has 2 amide bonds. The molecular formula is C22H28N8O2S. The van der Waals surface area contributed by atoms with Gasteiger partial charge in [-0.1, -0.05) is 25.2 Å². The monoisotopic (exact) mass is 468 g/mol. The Morgan fingerprint density at radius 2 is 2.06 bits per heavy atom. The van der Waals surface area contributed by atoms with Crippen molar-refractivity contribution in [1.29, 1.82) is 0 Å². The van der Waals surface area contributed by atoms with Crippen molar-refractivity contribution in [3.05, 3.63) is 53.0 Å². The number of hydrogen-bond donors (Lipinski definition) is 3. The van der Waals surface area contributed by atoms with Gasteiger partial charge in [-0.25, -0.2) is 15.1 Å². The highest BCUT2D eigenvalue weighted by atomic mass is 32.1. The van der Waals surface area contributed by atoms with Gasteiger partial charge in [0.2, 0.25) is 11.8 Å². The van der Waals surface area contributed by atoms with Crippen LogP contribution in [-0.4, -0.2) is 58.0 Å². The van der Waals surface area contributed by atoms with Crippen molar-refractivity contribution in [2.45, 2.75) is 26.2 Å². The van der Waals surface area contributed by atoms with Crippen LogP contribution < -0.4 is 21.3 Å². The number of nitrogens with one attached hydrogen (secondary N) is 3. The van der Waals surface area contributed by atoms with E-state index in [0.29, 0.717) is 32.6 Å². The third kappa shape index (κ3) is 4.41. The minimum atomic E-state index is -0.356. The first-order valence-corrected chi connectivity index (χ1v) is 11.9. The number of carbonyl (C=O) groups is 2. The first-order chi connectivity index (χ1) is 16.1. The van der Waals surface area contributed by atoms with E-state index in [1.165, 1.54) is 10.00 Å². The fourth-order valence-electron chi connectivity index (χ4n) is 4.12. The van der Waals surface area contributed by atoms with E-state index >= 15 is 0 Å². The minimum Gasteiger partial charge on any atom is -0.352 e. The average Bonchev–Trinajstić information content (AvgIpc) is 3.34. The maximum atomic E-state index is 12.8. The van der Waals surface area contributed by atoms with Crippen LogP contribution in [0.2, 0.25) is 0 Å². The summed E-state index contributed by atoms with van der Waals surface area (Å²) in [6.45, 7) is 4.58. The molecular weight excluding hydrogens is 440 g/mol. The number of hydrazine groups is 3. The van der Waals surface area contributed by atoms with Crippen molar-refractivity contribution in [2.24, 2.45) is 0 Å². The molecule has 5 rings (SSSR count). The topological polar surface area (TPSA) is 106 Å². The first kappa shape index (κ1) is 21.4. The summed E-state index contributed by atoms with van der Waals surface area (Å²) in [4.78, 5) is 40.4. The summed E-state index contributed by atoms with van der Waals surface area (Å²) in [5.74, 6) is 0.389. The van der Waals surface area contributed by atoms with E-state index in [2.05, 4.69) is 44.2 Å². The molecule has 174 valence electrons. The molecule has 1 saturated heterocycles.